The molecule has 2 rings (SSSR count). The monoisotopic (exact) mass is 277 g/mol. The van der Waals surface area contributed by atoms with Crippen LogP contribution in [-0.2, 0) is 4.79 Å². The molecule has 0 heterocycles. The molecule has 0 aliphatic heterocycles. The van der Waals surface area contributed by atoms with E-state index in [1.54, 1.807) is 18.2 Å². The average Bonchev–Trinajstić information content (AvgIpc) is 2.45. The molecule has 1 fully saturated rings. The molecule has 0 bridgehead atoms. The topological polar surface area (TPSA) is 49.3 Å². The van der Waals surface area contributed by atoms with Crippen molar-refractivity contribution in [1.29, 1.82) is 0 Å². The fourth-order valence-electron chi connectivity index (χ4n) is 2.44. The fraction of sp³-hybridized carbons (Fsp3) is 0.438. The van der Waals surface area contributed by atoms with Gasteiger partial charge in [0.1, 0.15) is 5.82 Å². The van der Waals surface area contributed by atoms with E-state index in [1.165, 1.54) is 18.2 Å². The molecule has 0 saturated heterocycles. The Bertz CT molecular complexity index is 476. The molecule has 1 aliphatic carbocycles. The van der Waals surface area contributed by atoms with Gasteiger partial charge in [0.2, 0.25) is 5.91 Å². The van der Waals surface area contributed by atoms with Crippen LogP contribution in [0.1, 0.15) is 37.7 Å². The summed E-state index contributed by atoms with van der Waals surface area (Å²) in [7, 11) is 0. The Morgan fingerprint density at radius 3 is 2.55 bits per heavy atom. The summed E-state index contributed by atoms with van der Waals surface area (Å²) in [6.45, 7) is 0.291. The van der Waals surface area contributed by atoms with Crippen LogP contribution in [0.3, 0.4) is 0 Å². The molecule has 0 aromatic heterocycles. The lowest BCUT2D eigenvalue weighted by atomic mass is 9.85. The first-order valence-corrected chi connectivity index (χ1v) is 7.01. The van der Waals surface area contributed by atoms with Crippen LogP contribution in [0.2, 0.25) is 0 Å². The van der Waals surface area contributed by atoms with E-state index in [2.05, 4.69) is 5.32 Å². The molecule has 0 spiro atoms. The van der Waals surface area contributed by atoms with Crippen molar-refractivity contribution in [3.05, 3.63) is 41.7 Å². The quantitative estimate of drug-likeness (QED) is 0.831. The second-order valence-corrected chi connectivity index (χ2v) is 5.39. The zero-order chi connectivity index (χ0) is 14.4. The van der Waals surface area contributed by atoms with Gasteiger partial charge in [0.15, 0.2) is 0 Å². The van der Waals surface area contributed by atoms with Crippen molar-refractivity contribution in [3.8, 4) is 0 Å². The molecule has 1 aliphatic rings. The van der Waals surface area contributed by atoms with E-state index < -0.39 is 5.60 Å². The number of hydrogen-bond acceptors (Lipinski definition) is 2. The normalized spacial score (nSPS) is 18.1. The zero-order valence-electron chi connectivity index (χ0n) is 11.4. The van der Waals surface area contributed by atoms with Crippen molar-refractivity contribution >= 4 is 12.0 Å². The third kappa shape index (κ3) is 4.46. The highest BCUT2D eigenvalue weighted by Crippen LogP contribution is 2.27. The second kappa shape index (κ2) is 6.66. The number of carbonyl (C=O) groups is 1. The van der Waals surface area contributed by atoms with Crippen molar-refractivity contribution in [3.63, 3.8) is 0 Å². The Morgan fingerprint density at radius 2 is 1.90 bits per heavy atom. The van der Waals surface area contributed by atoms with Crippen LogP contribution >= 0.6 is 0 Å². The maximum absolute atomic E-state index is 12.7. The van der Waals surface area contributed by atoms with Crippen LogP contribution in [-0.4, -0.2) is 23.2 Å². The van der Waals surface area contributed by atoms with Gasteiger partial charge in [0, 0.05) is 12.6 Å². The summed E-state index contributed by atoms with van der Waals surface area (Å²) < 4.78 is 12.7. The van der Waals surface area contributed by atoms with Gasteiger partial charge in [-0.1, -0.05) is 31.4 Å². The predicted octanol–water partition coefficient (Wildman–Crippen LogP) is 2.65. The maximum Gasteiger partial charge on any atom is 0.244 e. The molecule has 20 heavy (non-hydrogen) atoms. The van der Waals surface area contributed by atoms with Gasteiger partial charge in [-0.3, -0.25) is 4.79 Å². The van der Waals surface area contributed by atoms with Crippen LogP contribution < -0.4 is 5.32 Å². The Balaban J connectivity index is 1.81. The van der Waals surface area contributed by atoms with Gasteiger partial charge < -0.3 is 10.4 Å². The molecule has 1 amide bonds. The number of carbonyl (C=O) groups excluding carboxylic acids is 1. The van der Waals surface area contributed by atoms with Gasteiger partial charge in [-0.05, 0) is 36.6 Å². The lowest BCUT2D eigenvalue weighted by molar-refractivity contribution is -0.118. The highest BCUT2D eigenvalue weighted by atomic mass is 19.1. The molecule has 1 saturated carbocycles. The van der Waals surface area contributed by atoms with E-state index in [4.69, 9.17) is 0 Å². The molecule has 108 valence electrons. The van der Waals surface area contributed by atoms with Gasteiger partial charge in [0.05, 0.1) is 5.60 Å². The van der Waals surface area contributed by atoms with Crippen molar-refractivity contribution < 1.29 is 14.3 Å². The highest BCUT2D eigenvalue weighted by Gasteiger charge is 2.29. The number of aliphatic hydroxyl groups is 1. The number of hydrogen-bond donors (Lipinski definition) is 2. The van der Waals surface area contributed by atoms with Gasteiger partial charge in [-0.2, -0.15) is 0 Å². The fourth-order valence-corrected chi connectivity index (χ4v) is 2.44. The van der Waals surface area contributed by atoms with Crippen molar-refractivity contribution in [1.82, 2.24) is 5.32 Å². The third-order valence-corrected chi connectivity index (χ3v) is 3.67. The standard InChI is InChI=1S/C16H20FNO2/c17-14-7-4-13(5-8-14)6-9-15(19)18-12-16(20)10-2-1-3-11-16/h4-9,20H,1-3,10-12H2,(H,18,19). The van der Waals surface area contributed by atoms with E-state index in [9.17, 15) is 14.3 Å². The van der Waals surface area contributed by atoms with E-state index >= 15 is 0 Å². The van der Waals surface area contributed by atoms with E-state index in [0.29, 0.717) is 6.54 Å². The van der Waals surface area contributed by atoms with E-state index in [1.807, 2.05) is 0 Å². The van der Waals surface area contributed by atoms with Crippen molar-refractivity contribution in [2.24, 2.45) is 0 Å². The molecule has 1 aromatic carbocycles. The van der Waals surface area contributed by atoms with Crippen molar-refractivity contribution in [2.45, 2.75) is 37.7 Å². The molecule has 1 aromatic rings. The summed E-state index contributed by atoms with van der Waals surface area (Å²) in [5, 5.41) is 13.0. The number of benzene rings is 1. The van der Waals surface area contributed by atoms with Gasteiger partial charge >= 0.3 is 0 Å². The smallest absolute Gasteiger partial charge is 0.244 e. The summed E-state index contributed by atoms with van der Waals surface area (Å²) in [4.78, 5) is 11.7. The van der Waals surface area contributed by atoms with Gasteiger partial charge in [-0.25, -0.2) is 4.39 Å². The summed E-state index contributed by atoms with van der Waals surface area (Å²) in [6.07, 6.45) is 7.69. The molecule has 3 nitrogen and oxygen atoms in total. The number of rotatable bonds is 4. The molecule has 0 radical (unpaired) electrons. The summed E-state index contributed by atoms with van der Waals surface area (Å²) in [5.41, 5.74) is 0.00961. The lowest BCUT2D eigenvalue weighted by Crippen LogP contribution is -2.43. The zero-order valence-corrected chi connectivity index (χ0v) is 11.4. The van der Waals surface area contributed by atoms with E-state index in [-0.39, 0.29) is 11.7 Å². The molecular weight excluding hydrogens is 257 g/mol. The molecule has 2 N–H and O–H groups in total. The lowest BCUT2D eigenvalue weighted by Gasteiger charge is -2.31. The largest absolute Gasteiger partial charge is 0.388 e. The Labute approximate surface area is 118 Å². The Hall–Kier alpha value is -1.68. The first-order chi connectivity index (χ1) is 9.57. The average molecular weight is 277 g/mol. The van der Waals surface area contributed by atoms with Gasteiger partial charge in [-0.15, -0.1) is 0 Å². The summed E-state index contributed by atoms with van der Waals surface area (Å²) >= 11 is 0. The molecule has 4 heteroatoms. The minimum absolute atomic E-state index is 0.242. The SMILES string of the molecule is O=C(C=Cc1ccc(F)cc1)NCC1(O)CCCCC1. The maximum atomic E-state index is 12.7. The first-order valence-electron chi connectivity index (χ1n) is 7.01. The summed E-state index contributed by atoms with van der Waals surface area (Å²) in [5.74, 6) is -0.542. The molecular formula is C16H20FNO2. The minimum Gasteiger partial charge on any atom is -0.388 e. The number of nitrogens with one attached hydrogen (secondary N) is 1. The Kier molecular flexibility index (Phi) is 4.90. The van der Waals surface area contributed by atoms with Crippen molar-refractivity contribution in [2.75, 3.05) is 6.54 Å². The molecule has 0 unspecified atom stereocenters. The first kappa shape index (κ1) is 14.7. The molecule has 0 atom stereocenters. The second-order valence-electron chi connectivity index (χ2n) is 5.39. The highest BCUT2D eigenvalue weighted by molar-refractivity contribution is 5.91. The van der Waals surface area contributed by atoms with Crippen LogP contribution in [0.5, 0.6) is 0 Å². The number of amides is 1. The summed E-state index contributed by atoms with van der Waals surface area (Å²) in [6, 6.07) is 5.91. The van der Waals surface area contributed by atoms with Crippen LogP contribution in [0, 0.1) is 5.82 Å². The van der Waals surface area contributed by atoms with E-state index in [0.717, 1.165) is 37.7 Å². The minimum atomic E-state index is -0.752. The van der Waals surface area contributed by atoms with Crippen LogP contribution in [0.4, 0.5) is 4.39 Å². The Morgan fingerprint density at radius 1 is 1.25 bits per heavy atom. The third-order valence-electron chi connectivity index (χ3n) is 3.67. The van der Waals surface area contributed by atoms with Crippen LogP contribution in [0.15, 0.2) is 30.3 Å². The number of halogens is 1. The van der Waals surface area contributed by atoms with Gasteiger partial charge in [0.25, 0.3) is 0 Å². The predicted molar refractivity (Wildman–Crippen MR) is 76.5 cm³/mol. The van der Waals surface area contributed by atoms with Crippen LogP contribution in [0.25, 0.3) is 6.08 Å².